The highest BCUT2D eigenvalue weighted by molar-refractivity contribution is 6.04. The zero-order chi connectivity index (χ0) is 24.7. The maximum absolute atomic E-state index is 12.4. The first-order chi connectivity index (χ1) is 16.2. The Kier molecular flexibility index (Phi) is 7.96. The van der Waals surface area contributed by atoms with E-state index >= 15 is 0 Å². The zero-order valence-corrected chi connectivity index (χ0v) is 18.9. The Balaban J connectivity index is 1.55. The van der Waals surface area contributed by atoms with Crippen LogP contribution in [-0.4, -0.2) is 42.7 Å². The van der Waals surface area contributed by atoms with Gasteiger partial charge in [-0.15, -0.1) is 0 Å². The van der Waals surface area contributed by atoms with Crippen molar-refractivity contribution in [1.82, 2.24) is 10.7 Å². The van der Waals surface area contributed by atoms with Crippen LogP contribution in [0.15, 0.2) is 48.5 Å². The van der Waals surface area contributed by atoms with Crippen LogP contribution in [0.3, 0.4) is 0 Å². The summed E-state index contributed by atoms with van der Waals surface area (Å²) in [5.74, 6) is -1.91. The molecule has 10 heteroatoms. The number of ether oxygens (including phenoxy) is 1. The van der Waals surface area contributed by atoms with Crippen molar-refractivity contribution >= 4 is 41.0 Å². The Labute approximate surface area is 196 Å². The van der Waals surface area contributed by atoms with Gasteiger partial charge in [-0.1, -0.05) is 26.0 Å². The fourth-order valence-electron chi connectivity index (χ4n) is 3.11. The topological polar surface area (TPSA) is 134 Å². The predicted molar refractivity (Wildman–Crippen MR) is 124 cm³/mol. The van der Waals surface area contributed by atoms with Gasteiger partial charge in [0.1, 0.15) is 0 Å². The number of nitrogens with zero attached hydrogens (tertiary/aromatic N) is 1. The van der Waals surface area contributed by atoms with Gasteiger partial charge in [0.05, 0.1) is 22.5 Å². The Morgan fingerprint density at radius 2 is 1.74 bits per heavy atom. The Morgan fingerprint density at radius 1 is 1.03 bits per heavy atom. The van der Waals surface area contributed by atoms with E-state index in [-0.39, 0.29) is 42.0 Å². The molecule has 3 N–H and O–H groups in total. The lowest BCUT2D eigenvalue weighted by Crippen LogP contribution is -2.50. The van der Waals surface area contributed by atoms with Crippen LogP contribution < -0.4 is 21.1 Å². The summed E-state index contributed by atoms with van der Waals surface area (Å²) >= 11 is 0. The summed E-state index contributed by atoms with van der Waals surface area (Å²) in [6, 6.07) is 12.4. The smallest absolute Gasteiger partial charge is 0.338 e. The summed E-state index contributed by atoms with van der Waals surface area (Å²) in [5.41, 5.74) is 3.65. The van der Waals surface area contributed by atoms with Gasteiger partial charge < -0.3 is 15.4 Å². The maximum atomic E-state index is 12.4. The van der Waals surface area contributed by atoms with Gasteiger partial charge in [-0.05, 0) is 42.3 Å². The van der Waals surface area contributed by atoms with Crippen molar-refractivity contribution in [2.45, 2.75) is 26.7 Å². The number of hydrogen-bond donors (Lipinski definition) is 3. The second kappa shape index (κ2) is 11.1. The van der Waals surface area contributed by atoms with E-state index in [2.05, 4.69) is 16.1 Å². The number of amides is 4. The summed E-state index contributed by atoms with van der Waals surface area (Å²) in [6.07, 6.45) is 0.238. The molecule has 0 spiro atoms. The highest BCUT2D eigenvalue weighted by atomic mass is 16.5. The molecule has 0 radical (unpaired) electrons. The van der Waals surface area contributed by atoms with Gasteiger partial charge in [0.2, 0.25) is 11.8 Å². The van der Waals surface area contributed by atoms with Crippen molar-refractivity contribution in [1.29, 1.82) is 0 Å². The van der Waals surface area contributed by atoms with Crippen LogP contribution in [0.25, 0.3) is 0 Å². The molecule has 178 valence electrons. The molecule has 4 amide bonds. The van der Waals surface area contributed by atoms with Crippen LogP contribution in [0.2, 0.25) is 0 Å². The molecular formula is C24H26N4O6. The van der Waals surface area contributed by atoms with Gasteiger partial charge in [-0.25, -0.2) is 9.80 Å². The van der Waals surface area contributed by atoms with Gasteiger partial charge >= 0.3 is 5.97 Å². The lowest BCUT2D eigenvalue weighted by Gasteiger charge is -2.27. The normalized spacial score (nSPS) is 13.3. The highest BCUT2D eigenvalue weighted by Crippen LogP contribution is 2.18. The van der Waals surface area contributed by atoms with Crippen molar-refractivity contribution in [3.63, 3.8) is 0 Å². The van der Waals surface area contributed by atoms with E-state index in [1.54, 1.807) is 24.3 Å². The van der Waals surface area contributed by atoms with Crippen molar-refractivity contribution < 1.29 is 28.7 Å². The molecule has 0 aliphatic carbocycles. The van der Waals surface area contributed by atoms with Gasteiger partial charge in [-0.3, -0.25) is 24.6 Å². The fourth-order valence-corrected chi connectivity index (χ4v) is 3.11. The lowest BCUT2D eigenvalue weighted by molar-refractivity contribution is -0.130. The summed E-state index contributed by atoms with van der Waals surface area (Å²) in [4.78, 5) is 60.5. The van der Waals surface area contributed by atoms with E-state index < -0.39 is 18.5 Å². The number of para-hydroxylation sites is 1. The first-order valence-corrected chi connectivity index (χ1v) is 10.8. The van der Waals surface area contributed by atoms with Gasteiger partial charge in [0, 0.05) is 19.4 Å². The van der Waals surface area contributed by atoms with Crippen molar-refractivity contribution in [2.24, 2.45) is 5.92 Å². The lowest BCUT2D eigenvalue weighted by atomic mass is 10.1. The summed E-state index contributed by atoms with van der Waals surface area (Å²) in [5, 5.41) is 6.51. The monoisotopic (exact) mass is 466 g/mol. The molecular weight excluding hydrogens is 440 g/mol. The van der Waals surface area contributed by atoms with E-state index in [1.165, 1.54) is 24.3 Å². The number of benzene rings is 2. The minimum Gasteiger partial charge on any atom is -0.452 e. The van der Waals surface area contributed by atoms with Crippen LogP contribution in [0, 0.1) is 5.92 Å². The molecule has 0 saturated carbocycles. The molecule has 0 atom stereocenters. The Morgan fingerprint density at radius 3 is 2.44 bits per heavy atom. The van der Waals surface area contributed by atoms with Gasteiger partial charge in [-0.2, -0.15) is 0 Å². The van der Waals surface area contributed by atoms with Gasteiger partial charge in [0.15, 0.2) is 6.61 Å². The molecule has 1 aliphatic rings. The maximum Gasteiger partial charge on any atom is 0.338 e. The molecule has 0 bridgehead atoms. The number of rotatable bonds is 8. The molecule has 10 nitrogen and oxygen atoms in total. The SMILES string of the molecule is CC(C)CNC(=O)c1ccccc1NC(=O)COC(=O)c1ccc(N2NC(=O)CCC2=O)cc1. The number of nitrogens with one attached hydrogen (secondary N) is 3. The molecule has 2 aromatic rings. The number of anilines is 2. The summed E-state index contributed by atoms with van der Waals surface area (Å²) < 4.78 is 5.06. The van der Waals surface area contributed by atoms with E-state index in [0.29, 0.717) is 23.5 Å². The highest BCUT2D eigenvalue weighted by Gasteiger charge is 2.24. The molecule has 2 aromatic carbocycles. The number of carbonyl (C=O) groups is 5. The van der Waals surface area contributed by atoms with Crippen LogP contribution in [0.4, 0.5) is 11.4 Å². The number of hydrogen-bond acceptors (Lipinski definition) is 6. The first-order valence-electron chi connectivity index (χ1n) is 10.8. The average molecular weight is 466 g/mol. The molecule has 34 heavy (non-hydrogen) atoms. The summed E-state index contributed by atoms with van der Waals surface area (Å²) in [6.45, 7) is 3.89. The third kappa shape index (κ3) is 6.41. The number of hydrazine groups is 1. The van der Waals surface area contributed by atoms with Crippen LogP contribution >= 0.6 is 0 Å². The van der Waals surface area contributed by atoms with Crippen LogP contribution in [-0.2, 0) is 19.1 Å². The van der Waals surface area contributed by atoms with E-state index in [0.717, 1.165) is 5.01 Å². The Bertz CT molecular complexity index is 1100. The minimum atomic E-state index is -0.737. The van der Waals surface area contributed by atoms with Crippen molar-refractivity contribution in [3.05, 3.63) is 59.7 Å². The van der Waals surface area contributed by atoms with Crippen LogP contribution in [0.1, 0.15) is 47.4 Å². The largest absolute Gasteiger partial charge is 0.452 e. The first kappa shape index (κ1) is 24.4. The minimum absolute atomic E-state index is 0.104. The predicted octanol–water partition coefficient (Wildman–Crippen LogP) is 2.03. The van der Waals surface area contributed by atoms with Crippen molar-refractivity contribution in [3.8, 4) is 0 Å². The average Bonchev–Trinajstić information content (AvgIpc) is 2.83. The van der Waals surface area contributed by atoms with E-state index in [4.69, 9.17) is 4.74 Å². The third-order valence-corrected chi connectivity index (χ3v) is 4.86. The second-order valence-electron chi connectivity index (χ2n) is 8.08. The molecule has 3 rings (SSSR count). The number of esters is 1. The quantitative estimate of drug-likeness (QED) is 0.510. The van der Waals surface area contributed by atoms with E-state index in [9.17, 15) is 24.0 Å². The Hall–Kier alpha value is -4.21. The molecule has 1 saturated heterocycles. The zero-order valence-electron chi connectivity index (χ0n) is 18.9. The second-order valence-corrected chi connectivity index (χ2v) is 8.08. The molecule has 1 aliphatic heterocycles. The van der Waals surface area contributed by atoms with Crippen LogP contribution in [0.5, 0.6) is 0 Å². The summed E-state index contributed by atoms with van der Waals surface area (Å²) in [7, 11) is 0. The standard InChI is InChI=1S/C24H26N4O6/c1-15(2)13-25-23(32)18-5-3-4-6-19(18)26-21(30)14-34-24(33)16-7-9-17(10-8-16)28-22(31)12-11-20(29)27-28/h3-10,15H,11-14H2,1-2H3,(H,25,32)(H,26,30)(H,27,29). The molecule has 1 fully saturated rings. The molecule has 0 aromatic heterocycles. The number of carbonyl (C=O) groups excluding carboxylic acids is 5. The van der Waals surface area contributed by atoms with Crippen molar-refractivity contribution in [2.75, 3.05) is 23.5 Å². The fraction of sp³-hybridized carbons (Fsp3) is 0.292. The van der Waals surface area contributed by atoms with Gasteiger partial charge in [0.25, 0.3) is 11.8 Å². The van der Waals surface area contributed by atoms with E-state index in [1.807, 2.05) is 13.8 Å². The third-order valence-electron chi connectivity index (χ3n) is 4.86. The molecule has 1 heterocycles. The molecule has 0 unspecified atom stereocenters.